The summed E-state index contributed by atoms with van der Waals surface area (Å²) in [6, 6.07) is 7.13. The van der Waals surface area contributed by atoms with Crippen molar-refractivity contribution in [1.82, 2.24) is 5.32 Å². The molecule has 0 saturated carbocycles. The minimum atomic E-state index is -1.93. The van der Waals surface area contributed by atoms with Gasteiger partial charge in [0, 0.05) is 11.3 Å². The van der Waals surface area contributed by atoms with Crippen LogP contribution in [0.5, 0.6) is 0 Å². The quantitative estimate of drug-likeness (QED) is 0.458. The van der Waals surface area contributed by atoms with Gasteiger partial charge < -0.3 is 5.32 Å². The highest BCUT2D eigenvalue weighted by molar-refractivity contribution is 6.17. The lowest BCUT2D eigenvalue weighted by Crippen LogP contribution is -2.51. The SMILES string of the molecule is O=C1N=C(Cc2ccccc2)NC(=O)C1[N+](=O)[O-]. The number of aliphatic imine (C=N–C) groups is 1. The van der Waals surface area contributed by atoms with E-state index in [4.69, 9.17) is 0 Å². The molecular weight excluding hydrogens is 238 g/mol. The zero-order valence-electron chi connectivity index (χ0n) is 9.20. The number of carbonyl (C=O) groups is 2. The summed E-state index contributed by atoms with van der Waals surface area (Å²) >= 11 is 0. The molecular formula is C11H9N3O4. The van der Waals surface area contributed by atoms with Crippen molar-refractivity contribution in [3.63, 3.8) is 0 Å². The summed E-state index contributed by atoms with van der Waals surface area (Å²) in [5.41, 5.74) is 0.851. The fourth-order valence-corrected chi connectivity index (χ4v) is 1.60. The maximum absolute atomic E-state index is 11.4. The van der Waals surface area contributed by atoms with Gasteiger partial charge in [0.2, 0.25) is 0 Å². The van der Waals surface area contributed by atoms with Gasteiger partial charge in [0.15, 0.2) is 0 Å². The lowest BCUT2D eigenvalue weighted by atomic mass is 10.1. The summed E-state index contributed by atoms with van der Waals surface area (Å²) in [6.07, 6.45) is 0.253. The van der Waals surface area contributed by atoms with Crippen LogP contribution in [0, 0.1) is 10.1 Å². The van der Waals surface area contributed by atoms with Gasteiger partial charge in [0.05, 0.1) is 0 Å². The van der Waals surface area contributed by atoms with E-state index in [0.29, 0.717) is 0 Å². The Morgan fingerprint density at radius 1 is 1.28 bits per heavy atom. The second-order valence-electron chi connectivity index (χ2n) is 3.74. The van der Waals surface area contributed by atoms with E-state index in [1.54, 1.807) is 12.1 Å². The molecule has 2 amide bonds. The number of hydrogen-bond donors (Lipinski definition) is 1. The van der Waals surface area contributed by atoms with E-state index in [9.17, 15) is 19.7 Å². The third-order valence-corrected chi connectivity index (χ3v) is 2.42. The largest absolute Gasteiger partial charge is 0.368 e. The van der Waals surface area contributed by atoms with E-state index in [-0.39, 0.29) is 12.3 Å². The average Bonchev–Trinajstić information content (AvgIpc) is 2.28. The number of rotatable bonds is 3. The van der Waals surface area contributed by atoms with Crippen LogP contribution < -0.4 is 5.32 Å². The predicted molar refractivity (Wildman–Crippen MR) is 61.5 cm³/mol. The summed E-state index contributed by atoms with van der Waals surface area (Å²) in [5, 5.41) is 12.8. The van der Waals surface area contributed by atoms with Crippen LogP contribution in [0.25, 0.3) is 0 Å². The van der Waals surface area contributed by atoms with E-state index in [1.165, 1.54) is 0 Å². The van der Waals surface area contributed by atoms with Gasteiger partial charge in [-0.05, 0) is 5.56 Å². The Hall–Kier alpha value is -2.57. The molecule has 1 atom stereocenters. The number of carbonyl (C=O) groups excluding carboxylic acids is 2. The molecule has 92 valence electrons. The fraction of sp³-hybridized carbons (Fsp3) is 0.182. The van der Waals surface area contributed by atoms with E-state index >= 15 is 0 Å². The maximum atomic E-state index is 11.4. The molecule has 1 aliphatic rings. The van der Waals surface area contributed by atoms with Crippen LogP contribution in [0.4, 0.5) is 0 Å². The molecule has 0 saturated heterocycles. The fourth-order valence-electron chi connectivity index (χ4n) is 1.60. The van der Waals surface area contributed by atoms with Crippen LogP contribution in [0.2, 0.25) is 0 Å². The van der Waals surface area contributed by atoms with Crippen molar-refractivity contribution in [2.45, 2.75) is 12.5 Å². The molecule has 18 heavy (non-hydrogen) atoms. The summed E-state index contributed by atoms with van der Waals surface area (Å²) in [4.78, 5) is 35.8. The Kier molecular flexibility index (Phi) is 3.13. The van der Waals surface area contributed by atoms with Gasteiger partial charge in [-0.3, -0.25) is 19.7 Å². The zero-order valence-corrected chi connectivity index (χ0v) is 9.20. The molecule has 1 aromatic carbocycles. The summed E-state index contributed by atoms with van der Waals surface area (Å²) in [7, 11) is 0. The second-order valence-corrected chi connectivity index (χ2v) is 3.74. The van der Waals surface area contributed by atoms with Gasteiger partial charge >= 0.3 is 17.9 Å². The highest BCUT2D eigenvalue weighted by atomic mass is 16.6. The van der Waals surface area contributed by atoms with Crippen molar-refractivity contribution in [2.75, 3.05) is 0 Å². The number of amides is 2. The molecule has 1 N–H and O–H groups in total. The van der Waals surface area contributed by atoms with Crippen molar-refractivity contribution >= 4 is 17.6 Å². The normalized spacial score (nSPS) is 19.1. The Bertz CT molecular complexity index is 538. The Balaban J connectivity index is 2.18. The standard InChI is InChI=1S/C11H9N3O4/c15-10-9(14(17)18)11(16)13-8(12-10)6-7-4-2-1-3-5-7/h1-5,9H,6H2,(H,12,13,15,16). The molecule has 0 radical (unpaired) electrons. The van der Waals surface area contributed by atoms with Crippen molar-refractivity contribution in [1.29, 1.82) is 0 Å². The van der Waals surface area contributed by atoms with Crippen molar-refractivity contribution in [2.24, 2.45) is 4.99 Å². The Morgan fingerprint density at radius 3 is 2.50 bits per heavy atom. The number of benzene rings is 1. The number of nitro groups is 1. The Labute approximate surface area is 102 Å². The van der Waals surface area contributed by atoms with Crippen LogP contribution in [-0.4, -0.2) is 28.6 Å². The zero-order chi connectivity index (χ0) is 13.1. The molecule has 0 spiro atoms. The Morgan fingerprint density at radius 2 is 1.94 bits per heavy atom. The molecule has 1 heterocycles. The van der Waals surface area contributed by atoms with E-state index in [2.05, 4.69) is 10.3 Å². The van der Waals surface area contributed by atoms with Gasteiger partial charge in [-0.2, -0.15) is 4.99 Å². The third kappa shape index (κ3) is 2.40. The van der Waals surface area contributed by atoms with Crippen LogP contribution in [0.3, 0.4) is 0 Å². The van der Waals surface area contributed by atoms with Gasteiger partial charge in [-0.15, -0.1) is 0 Å². The molecule has 1 unspecified atom stereocenters. The van der Waals surface area contributed by atoms with Gasteiger partial charge in [0.1, 0.15) is 5.84 Å². The minimum absolute atomic E-state index is 0.134. The second kappa shape index (κ2) is 4.74. The van der Waals surface area contributed by atoms with E-state index in [1.807, 2.05) is 18.2 Å². The number of nitrogens with one attached hydrogen (secondary N) is 1. The molecule has 0 aromatic heterocycles. The number of hydrogen-bond acceptors (Lipinski definition) is 4. The first-order chi connectivity index (χ1) is 8.58. The molecule has 2 rings (SSSR count). The molecule has 1 aromatic rings. The van der Waals surface area contributed by atoms with E-state index < -0.39 is 22.8 Å². The smallest absolute Gasteiger partial charge is 0.307 e. The van der Waals surface area contributed by atoms with Crippen molar-refractivity contribution in [3.8, 4) is 0 Å². The average molecular weight is 247 g/mol. The van der Waals surface area contributed by atoms with Crippen LogP contribution in [0.1, 0.15) is 5.56 Å². The summed E-state index contributed by atoms with van der Waals surface area (Å²) in [6.45, 7) is 0. The van der Waals surface area contributed by atoms with Crippen molar-refractivity contribution < 1.29 is 14.5 Å². The maximum Gasteiger partial charge on any atom is 0.368 e. The highest BCUT2D eigenvalue weighted by Crippen LogP contribution is 2.05. The van der Waals surface area contributed by atoms with Crippen LogP contribution in [-0.2, 0) is 16.0 Å². The van der Waals surface area contributed by atoms with Crippen molar-refractivity contribution in [3.05, 3.63) is 46.0 Å². The molecule has 0 fully saturated rings. The third-order valence-electron chi connectivity index (χ3n) is 2.42. The van der Waals surface area contributed by atoms with E-state index in [0.717, 1.165) is 5.56 Å². The molecule has 7 heteroatoms. The monoisotopic (exact) mass is 247 g/mol. The molecule has 0 aliphatic carbocycles. The number of amidine groups is 1. The first kappa shape index (κ1) is 11.9. The topological polar surface area (TPSA) is 102 Å². The lowest BCUT2D eigenvalue weighted by molar-refractivity contribution is -0.493. The number of nitrogens with zero attached hydrogens (tertiary/aromatic N) is 2. The first-order valence-electron chi connectivity index (χ1n) is 5.17. The van der Waals surface area contributed by atoms with Gasteiger partial charge in [-0.1, -0.05) is 30.3 Å². The predicted octanol–water partition coefficient (Wildman–Crippen LogP) is -0.0707. The molecule has 7 nitrogen and oxygen atoms in total. The van der Waals surface area contributed by atoms with Crippen LogP contribution in [0.15, 0.2) is 35.3 Å². The highest BCUT2D eigenvalue weighted by Gasteiger charge is 2.41. The lowest BCUT2D eigenvalue weighted by Gasteiger charge is -2.14. The van der Waals surface area contributed by atoms with Gasteiger partial charge in [0.25, 0.3) is 0 Å². The molecule has 0 bridgehead atoms. The van der Waals surface area contributed by atoms with Gasteiger partial charge in [-0.25, -0.2) is 0 Å². The molecule has 1 aliphatic heterocycles. The summed E-state index contributed by atoms with van der Waals surface area (Å²) in [5.74, 6) is -1.84. The first-order valence-corrected chi connectivity index (χ1v) is 5.17. The minimum Gasteiger partial charge on any atom is -0.307 e. The summed E-state index contributed by atoms with van der Waals surface area (Å²) < 4.78 is 0. The van der Waals surface area contributed by atoms with Crippen LogP contribution >= 0.6 is 0 Å².